The zero-order chi connectivity index (χ0) is 14.6. The Balaban J connectivity index is 3.16. The zero-order valence-corrected chi connectivity index (χ0v) is 9.72. The van der Waals surface area contributed by atoms with Crippen molar-refractivity contribution in [2.45, 2.75) is 13.1 Å². The van der Waals surface area contributed by atoms with Gasteiger partial charge in [-0.05, 0) is 19.1 Å². The number of alkyl halides is 3. The van der Waals surface area contributed by atoms with Crippen molar-refractivity contribution < 1.29 is 31.5 Å². The minimum absolute atomic E-state index is 0.106. The number of carbonyl (C=O) groups excluding carboxylic acids is 1. The van der Waals surface area contributed by atoms with Crippen LogP contribution in [-0.4, -0.2) is 12.6 Å². The molecule has 7 heteroatoms. The highest BCUT2D eigenvalue weighted by molar-refractivity contribution is 5.91. The summed E-state index contributed by atoms with van der Waals surface area (Å²) in [6.07, 6.45) is -4.53. The lowest BCUT2D eigenvalue weighted by molar-refractivity contribution is -0.140. The van der Waals surface area contributed by atoms with Crippen LogP contribution >= 0.6 is 0 Å². The summed E-state index contributed by atoms with van der Waals surface area (Å²) in [6.45, 7) is 1.32. The fraction of sp³-hybridized carbons (Fsp3) is 0.250. The second-order valence-corrected chi connectivity index (χ2v) is 3.42. The molecule has 19 heavy (non-hydrogen) atoms. The molecule has 1 aromatic carbocycles. The fourth-order valence-corrected chi connectivity index (χ4v) is 1.28. The first-order valence-corrected chi connectivity index (χ1v) is 5.17. The number of ether oxygens (including phenoxy) is 1. The maximum Gasteiger partial charge on any atom is 0.419 e. The van der Waals surface area contributed by atoms with E-state index in [9.17, 15) is 26.7 Å². The van der Waals surface area contributed by atoms with E-state index in [1.54, 1.807) is 0 Å². The standard InChI is InChI=1S/C12H9F5O2/c1-2-19-11(18)9(13)6-7-4-3-5-8(10(7)14)12(15,16)17/h3-6H,2H2,1H3. The summed E-state index contributed by atoms with van der Waals surface area (Å²) >= 11 is 0. The lowest BCUT2D eigenvalue weighted by atomic mass is 10.1. The van der Waals surface area contributed by atoms with E-state index >= 15 is 0 Å². The topological polar surface area (TPSA) is 26.3 Å². The summed E-state index contributed by atoms with van der Waals surface area (Å²) in [5.74, 6) is -4.48. The molecule has 1 aromatic rings. The van der Waals surface area contributed by atoms with Crippen LogP contribution in [0.25, 0.3) is 6.08 Å². The number of hydrogen-bond donors (Lipinski definition) is 0. The Morgan fingerprint density at radius 3 is 2.53 bits per heavy atom. The molecular weight excluding hydrogens is 271 g/mol. The van der Waals surface area contributed by atoms with Crippen molar-refractivity contribution in [1.82, 2.24) is 0 Å². The molecule has 0 saturated carbocycles. The lowest BCUT2D eigenvalue weighted by Crippen LogP contribution is -2.09. The highest BCUT2D eigenvalue weighted by atomic mass is 19.4. The van der Waals surface area contributed by atoms with Crippen molar-refractivity contribution in [3.05, 3.63) is 41.0 Å². The van der Waals surface area contributed by atoms with Gasteiger partial charge in [-0.25, -0.2) is 9.18 Å². The van der Waals surface area contributed by atoms with E-state index < -0.39 is 34.9 Å². The monoisotopic (exact) mass is 280 g/mol. The minimum Gasteiger partial charge on any atom is -0.461 e. The molecule has 0 aliphatic heterocycles. The van der Waals surface area contributed by atoms with Crippen LogP contribution in [0.3, 0.4) is 0 Å². The number of carbonyl (C=O) groups is 1. The van der Waals surface area contributed by atoms with Gasteiger partial charge in [0.1, 0.15) is 5.82 Å². The van der Waals surface area contributed by atoms with Crippen LogP contribution in [0.1, 0.15) is 18.1 Å². The van der Waals surface area contributed by atoms with Crippen LogP contribution in [0.5, 0.6) is 0 Å². The third kappa shape index (κ3) is 3.77. The SMILES string of the molecule is CCOC(=O)C(F)=Cc1cccc(C(F)(F)F)c1F. The molecule has 0 unspecified atom stereocenters. The average Bonchev–Trinajstić information content (AvgIpc) is 2.30. The van der Waals surface area contributed by atoms with Gasteiger partial charge in [-0.2, -0.15) is 17.6 Å². The summed E-state index contributed by atoms with van der Waals surface area (Å²) < 4.78 is 68.2. The summed E-state index contributed by atoms with van der Waals surface area (Å²) in [6, 6.07) is 2.36. The van der Waals surface area contributed by atoms with E-state index in [0.29, 0.717) is 12.1 Å². The molecule has 0 amide bonds. The van der Waals surface area contributed by atoms with Crippen molar-refractivity contribution in [3.8, 4) is 0 Å². The van der Waals surface area contributed by atoms with Crippen LogP contribution < -0.4 is 0 Å². The fourth-order valence-electron chi connectivity index (χ4n) is 1.28. The molecule has 2 nitrogen and oxygen atoms in total. The third-order valence-corrected chi connectivity index (χ3v) is 2.09. The normalized spacial score (nSPS) is 12.4. The van der Waals surface area contributed by atoms with E-state index in [2.05, 4.69) is 4.74 Å². The summed E-state index contributed by atoms with van der Waals surface area (Å²) in [5.41, 5.74) is -2.21. The maximum atomic E-state index is 13.5. The molecule has 104 valence electrons. The van der Waals surface area contributed by atoms with E-state index in [0.717, 1.165) is 12.1 Å². The quantitative estimate of drug-likeness (QED) is 0.479. The van der Waals surface area contributed by atoms with Crippen LogP contribution in [0.2, 0.25) is 0 Å². The second kappa shape index (κ2) is 5.81. The molecule has 0 N–H and O–H groups in total. The van der Waals surface area contributed by atoms with Crippen molar-refractivity contribution in [2.24, 2.45) is 0 Å². The first-order chi connectivity index (χ1) is 8.77. The van der Waals surface area contributed by atoms with Crippen LogP contribution in [0.15, 0.2) is 24.0 Å². The number of esters is 1. The Morgan fingerprint density at radius 2 is 2.00 bits per heavy atom. The molecule has 0 heterocycles. The van der Waals surface area contributed by atoms with E-state index in [4.69, 9.17) is 0 Å². The Bertz CT molecular complexity index is 505. The van der Waals surface area contributed by atoms with Crippen LogP contribution in [0.4, 0.5) is 22.0 Å². The molecule has 0 aliphatic rings. The van der Waals surface area contributed by atoms with Gasteiger partial charge in [-0.15, -0.1) is 0 Å². The van der Waals surface area contributed by atoms with Crippen molar-refractivity contribution >= 4 is 12.0 Å². The van der Waals surface area contributed by atoms with Gasteiger partial charge in [0.15, 0.2) is 0 Å². The van der Waals surface area contributed by atoms with Gasteiger partial charge in [-0.1, -0.05) is 12.1 Å². The third-order valence-electron chi connectivity index (χ3n) is 2.09. The molecule has 0 aromatic heterocycles. The molecule has 0 bridgehead atoms. The lowest BCUT2D eigenvalue weighted by Gasteiger charge is -2.09. The zero-order valence-electron chi connectivity index (χ0n) is 9.72. The number of rotatable bonds is 3. The summed E-state index contributed by atoms with van der Waals surface area (Å²) in [7, 11) is 0. The smallest absolute Gasteiger partial charge is 0.419 e. The highest BCUT2D eigenvalue weighted by Gasteiger charge is 2.34. The maximum absolute atomic E-state index is 13.5. The largest absolute Gasteiger partial charge is 0.461 e. The molecule has 0 atom stereocenters. The van der Waals surface area contributed by atoms with Crippen LogP contribution in [-0.2, 0) is 15.7 Å². The molecule has 0 spiro atoms. The number of halogens is 5. The average molecular weight is 280 g/mol. The predicted molar refractivity (Wildman–Crippen MR) is 57.1 cm³/mol. The Hall–Kier alpha value is -1.92. The first kappa shape index (κ1) is 15.1. The van der Waals surface area contributed by atoms with E-state index in [1.165, 1.54) is 6.92 Å². The summed E-state index contributed by atoms with van der Waals surface area (Å²) in [4.78, 5) is 10.9. The Labute approximate surface area is 105 Å². The Kier molecular flexibility index (Phi) is 4.63. The first-order valence-electron chi connectivity index (χ1n) is 5.17. The second-order valence-electron chi connectivity index (χ2n) is 3.42. The molecule has 0 radical (unpaired) electrons. The molecular formula is C12H9F5O2. The number of hydrogen-bond acceptors (Lipinski definition) is 2. The molecule has 0 aliphatic carbocycles. The molecule has 0 saturated heterocycles. The Morgan fingerprint density at radius 1 is 1.37 bits per heavy atom. The van der Waals surface area contributed by atoms with Gasteiger partial charge in [0.25, 0.3) is 0 Å². The van der Waals surface area contributed by atoms with Gasteiger partial charge in [0.05, 0.1) is 12.2 Å². The van der Waals surface area contributed by atoms with Gasteiger partial charge in [0.2, 0.25) is 5.83 Å². The van der Waals surface area contributed by atoms with Crippen molar-refractivity contribution in [3.63, 3.8) is 0 Å². The van der Waals surface area contributed by atoms with Gasteiger partial charge >= 0.3 is 12.1 Å². The molecule has 0 fully saturated rings. The van der Waals surface area contributed by atoms with E-state index in [-0.39, 0.29) is 6.61 Å². The van der Waals surface area contributed by atoms with Gasteiger partial charge in [-0.3, -0.25) is 0 Å². The van der Waals surface area contributed by atoms with Crippen LogP contribution in [0, 0.1) is 5.82 Å². The van der Waals surface area contributed by atoms with E-state index in [1.807, 2.05) is 0 Å². The van der Waals surface area contributed by atoms with Gasteiger partial charge in [0, 0.05) is 5.56 Å². The van der Waals surface area contributed by atoms with Crippen molar-refractivity contribution in [1.29, 1.82) is 0 Å². The molecule has 1 rings (SSSR count). The number of benzene rings is 1. The predicted octanol–water partition coefficient (Wildman–Crippen LogP) is 3.72. The minimum atomic E-state index is -4.89. The van der Waals surface area contributed by atoms with Crippen molar-refractivity contribution in [2.75, 3.05) is 6.61 Å². The van der Waals surface area contributed by atoms with Gasteiger partial charge < -0.3 is 4.74 Å². The summed E-state index contributed by atoms with van der Waals surface area (Å²) in [5, 5.41) is 0. The highest BCUT2D eigenvalue weighted by Crippen LogP contribution is 2.32.